The minimum Gasteiger partial charge on any atom is -0.381 e. The Kier molecular flexibility index (Phi) is 3.80. The fourth-order valence-electron chi connectivity index (χ4n) is 2.49. The molecule has 3 N–H and O–H groups in total. The summed E-state index contributed by atoms with van der Waals surface area (Å²) in [7, 11) is 1.99. The molecule has 0 bridgehead atoms. The summed E-state index contributed by atoms with van der Waals surface area (Å²) >= 11 is 0. The zero-order chi connectivity index (χ0) is 16.4. The molecule has 3 heterocycles. The quantitative estimate of drug-likeness (QED) is 0.709. The number of nitrogens with two attached hydrogens (primary N) is 1. The van der Waals surface area contributed by atoms with Crippen LogP contribution in [0.5, 0.6) is 0 Å². The number of nitrogen functional groups attached to an aromatic ring is 1. The summed E-state index contributed by atoms with van der Waals surface area (Å²) in [5.41, 5.74) is 7.74. The number of nitrogens with zero attached hydrogens (tertiary/aromatic N) is 7. The molecule has 9 nitrogen and oxygen atoms in total. The Balaban J connectivity index is 1.70. The van der Waals surface area contributed by atoms with Crippen molar-refractivity contribution in [3.05, 3.63) is 29.3 Å². The molecule has 0 unspecified atom stereocenters. The van der Waals surface area contributed by atoms with Crippen LogP contribution in [0, 0.1) is 18.3 Å². The smallest absolute Gasteiger partial charge is 0.254 e. The van der Waals surface area contributed by atoms with Crippen LogP contribution in [-0.2, 0) is 6.42 Å². The predicted octanol–water partition coefficient (Wildman–Crippen LogP) is 0.679. The fourth-order valence-corrected chi connectivity index (χ4v) is 2.49. The van der Waals surface area contributed by atoms with Gasteiger partial charge in [-0.2, -0.15) is 25.0 Å². The first-order chi connectivity index (χ1) is 11.1. The monoisotopic (exact) mass is 311 g/mol. The lowest BCUT2D eigenvalue weighted by molar-refractivity contribution is 0.743. The van der Waals surface area contributed by atoms with Crippen molar-refractivity contribution in [2.45, 2.75) is 19.8 Å². The van der Waals surface area contributed by atoms with Gasteiger partial charge < -0.3 is 10.6 Å². The lowest BCUT2D eigenvalue weighted by atomic mass is 10.1. The molecule has 0 amide bonds. The van der Waals surface area contributed by atoms with E-state index in [1.807, 2.05) is 20.0 Å². The largest absolute Gasteiger partial charge is 0.381 e. The van der Waals surface area contributed by atoms with Crippen molar-refractivity contribution in [3.8, 4) is 6.07 Å². The van der Waals surface area contributed by atoms with Crippen molar-refractivity contribution in [2.75, 3.05) is 24.2 Å². The Bertz CT molecular complexity index is 870. The van der Waals surface area contributed by atoms with Crippen molar-refractivity contribution in [2.24, 2.45) is 0 Å². The molecule has 0 aliphatic rings. The third-order valence-corrected chi connectivity index (χ3v) is 3.65. The van der Waals surface area contributed by atoms with Crippen LogP contribution in [-0.4, -0.2) is 43.4 Å². The van der Waals surface area contributed by atoms with Gasteiger partial charge in [0.05, 0.1) is 5.69 Å². The van der Waals surface area contributed by atoms with Gasteiger partial charge in [-0.1, -0.05) is 0 Å². The summed E-state index contributed by atoms with van der Waals surface area (Å²) in [5.74, 6) is 1.76. The van der Waals surface area contributed by atoms with Gasteiger partial charge in [0, 0.05) is 25.4 Å². The van der Waals surface area contributed by atoms with Crippen LogP contribution in [0.4, 0.5) is 11.6 Å². The average Bonchev–Trinajstić information content (AvgIpc) is 3.12. The lowest BCUT2D eigenvalue weighted by Crippen LogP contribution is -2.22. The summed E-state index contributed by atoms with van der Waals surface area (Å²) in [6.45, 7) is 2.71. The molecule has 3 aromatic rings. The van der Waals surface area contributed by atoms with E-state index in [1.165, 1.54) is 6.33 Å². The van der Waals surface area contributed by atoms with Gasteiger partial charge in [0.2, 0.25) is 0 Å². The highest BCUT2D eigenvalue weighted by atomic mass is 15.4. The van der Waals surface area contributed by atoms with Crippen LogP contribution < -0.4 is 10.6 Å². The highest BCUT2D eigenvalue weighted by molar-refractivity contribution is 5.51. The Hall–Kier alpha value is -3.15. The van der Waals surface area contributed by atoms with Gasteiger partial charge in [0.1, 0.15) is 23.8 Å². The first-order valence-corrected chi connectivity index (χ1v) is 7.21. The molecule has 0 aliphatic heterocycles. The zero-order valence-electron chi connectivity index (χ0n) is 13.0. The maximum atomic E-state index is 9.07. The van der Waals surface area contributed by atoms with E-state index in [1.54, 1.807) is 4.52 Å². The van der Waals surface area contributed by atoms with Crippen LogP contribution in [0.2, 0.25) is 0 Å². The molecule has 3 aromatic heterocycles. The Labute approximate surface area is 132 Å². The van der Waals surface area contributed by atoms with Gasteiger partial charge in [-0.05, 0) is 19.8 Å². The topological polar surface area (TPSA) is 125 Å². The van der Waals surface area contributed by atoms with E-state index >= 15 is 0 Å². The SMILES string of the molecule is Cc1cc(N(C)CCCc2[nH]nc(N)c2C#N)n2ncnc2n1. The summed E-state index contributed by atoms with van der Waals surface area (Å²) in [6.07, 6.45) is 3.03. The molecule has 0 atom stereocenters. The van der Waals surface area contributed by atoms with E-state index in [0.29, 0.717) is 17.8 Å². The second-order valence-electron chi connectivity index (χ2n) is 5.33. The van der Waals surface area contributed by atoms with Gasteiger partial charge >= 0.3 is 0 Å². The molecule has 118 valence electrons. The molecule has 0 fully saturated rings. The van der Waals surface area contributed by atoms with Crippen molar-refractivity contribution < 1.29 is 0 Å². The summed E-state index contributed by atoms with van der Waals surface area (Å²) in [6, 6.07) is 4.05. The fraction of sp³-hybridized carbons (Fsp3) is 0.357. The molecule has 23 heavy (non-hydrogen) atoms. The second kappa shape index (κ2) is 5.92. The highest BCUT2D eigenvalue weighted by Crippen LogP contribution is 2.17. The van der Waals surface area contributed by atoms with Gasteiger partial charge in [0.25, 0.3) is 5.78 Å². The Morgan fingerprint density at radius 1 is 1.48 bits per heavy atom. The van der Waals surface area contributed by atoms with Crippen LogP contribution in [0.15, 0.2) is 12.4 Å². The van der Waals surface area contributed by atoms with Crippen molar-refractivity contribution in [3.63, 3.8) is 0 Å². The summed E-state index contributed by atoms with van der Waals surface area (Å²) < 4.78 is 1.71. The number of nitriles is 1. The van der Waals surface area contributed by atoms with Crippen LogP contribution in [0.25, 0.3) is 5.78 Å². The summed E-state index contributed by atoms with van der Waals surface area (Å²) in [4.78, 5) is 10.5. The number of hydrogen-bond acceptors (Lipinski definition) is 7. The Morgan fingerprint density at radius 2 is 2.30 bits per heavy atom. The number of fused-ring (bicyclic) bond motifs is 1. The van der Waals surface area contributed by atoms with Crippen LogP contribution in [0.1, 0.15) is 23.4 Å². The van der Waals surface area contributed by atoms with Gasteiger partial charge in [-0.3, -0.25) is 5.10 Å². The predicted molar refractivity (Wildman–Crippen MR) is 84.8 cm³/mol. The second-order valence-corrected chi connectivity index (χ2v) is 5.33. The number of nitrogens with one attached hydrogen (secondary N) is 1. The van der Waals surface area contributed by atoms with Crippen LogP contribution >= 0.6 is 0 Å². The van der Waals surface area contributed by atoms with E-state index in [9.17, 15) is 0 Å². The number of aryl methyl sites for hydroxylation is 2. The number of H-pyrrole nitrogens is 1. The van der Waals surface area contributed by atoms with E-state index in [-0.39, 0.29) is 5.82 Å². The molecule has 0 spiro atoms. The van der Waals surface area contributed by atoms with E-state index in [0.717, 1.165) is 30.2 Å². The maximum Gasteiger partial charge on any atom is 0.254 e. The van der Waals surface area contributed by atoms with Crippen molar-refractivity contribution >= 4 is 17.4 Å². The molecule has 0 aromatic carbocycles. The number of hydrogen-bond donors (Lipinski definition) is 2. The molecule has 9 heteroatoms. The van der Waals surface area contributed by atoms with E-state index < -0.39 is 0 Å². The lowest BCUT2D eigenvalue weighted by Gasteiger charge is -2.19. The van der Waals surface area contributed by atoms with Gasteiger partial charge in [0.15, 0.2) is 5.82 Å². The third-order valence-electron chi connectivity index (χ3n) is 3.65. The normalized spacial score (nSPS) is 10.8. The molecular weight excluding hydrogens is 294 g/mol. The highest BCUT2D eigenvalue weighted by Gasteiger charge is 2.12. The average molecular weight is 311 g/mol. The zero-order valence-corrected chi connectivity index (χ0v) is 13.0. The summed E-state index contributed by atoms with van der Waals surface area (Å²) in [5, 5.41) is 20.0. The van der Waals surface area contributed by atoms with E-state index in [2.05, 4.69) is 36.2 Å². The van der Waals surface area contributed by atoms with Crippen molar-refractivity contribution in [1.82, 2.24) is 29.8 Å². The number of anilines is 2. The van der Waals surface area contributed by atoms with Gasteiger partial charge in [-0.25, -0.2) is 4.98 Å². The molecule has 3 rings (SSSR count). The number of rotatable bonds is 5. The van der Waals surface area contributed by atoms with Crippen molar-refractivity contribution in [1.29, 1.82) is 5.26 Å². The maximum absolute atomic E-state index is 9.07. The molecule has 0 radical (unpaired) electrons. The molecule has 0 saturated carbocycles. The minimum absolute atomic E-state index is 0.255. The molecule has 0 saturated heterocycles. The van der Waals surface area contributed by atoms with Gasteiger partial charge in [-0.15, -0.1) is 0 Å². The Morgan fingerprint density at radius 3 is 3.09 bits per heavy atom. The third kappa shape index (κ3) is 2.78. The molecular formula is C14H17N9. The van der Waals surface area contributed by atoms with E-state index in [4.69, 9.17) is 11.0 Å². The standard InChI is InChI=1S/C14H17N9/c1-9-6-12(23-14(19-9)17-8-18-23)22(2)5-3-4-11-10(7-15)13(16)21-20-11/h6,8H,3-5H2,1-2H3,(H3,16,20,21). The number of aromatic nitrogens is 6. The van der Waals surface area contributed by atoms with Crippen LogP contribution in [0.3, 0.4) is 0 Å². The number of aromatic amines is 1. The first kappa shape index (κ1) is 14.8. The minimum atomic E-state index is 0.255. The first-order valence-electron chi connectivity index (χ1n) is 7.21. The molecule has 0 aliphatic carbocycles.